The first-order valence-electron chi connectivity index (χ1n) is 5.67. The molecule has 1 rings (SSSR count). The van der Waals surface area contributed by atoms with Crippen molar-refractivity contribution in [2.45, 2.75) is 32.9 Å². The minimum atomic E-state index is 0.112. The van der Waals surface area contributed by atoms with Crippen molar-refractivity contribution in [1.29, 1.82) is 0 Å². The molecule has 0 unspecified atom stereocenters. The summed E-state index contributed by atoms with van der Waals surface area (Å²) in [6, 6.07) is 7.98. The molecule has 0 aliphatic heterocycles. The van der Waals surface area contributed by atoms with Crippen LogP contribution in [0, 0.1) is 0 Å². The van der Waals surface area contributed by atoms with Gasteiger partial charge in [0.05, 0.1) is 0 Å². The van der Waals surface area contributed by atoms with Gasteiger partial charge in [-0.15, -0.1) is 0 Å². The van der Waals surface area contributed by atoms with Crippen LogP contribution < -0.4 is 10.1 Å². The van der Waals surface area contributed by atoms with E-state index in [-0.39, 0.29) is 5.54 Å². The maximum atomic E-state index is 5.66. The number of rotatable bonds is 5. The number of halogens is 1. The van der Waals surface area contributed by atoms with Crippen molar-refractivity contribution in [2.24, 2.45) is 0 Å². The largest absolute Gasteiger partial charge is 0.488 e. The van der Waals surface area contributed by atoms with E-state index < -0.39 is 0 Å². The lowest BCUT2D eigenvalue weighted by Crippen LogP contribution is -2.35. The molecule has 0 bridgehead atoms. The van der Waals surface area contributed by atoms with E-state index in [9.17, 15) is 0 Å². The van der Waals surface area contributed by atoms with Gasteiger partial charge in [0.15, 0.2) is 0 Å². The third-order valence-corrected chi connectivity index (χ3v) is 2.23. The number of benzene rings is 1. The van der Waals surface area contributed by atoms with Crippen LogP contribution in [0.15, 0.2) is 35.9 Å². The third kappa shape index (κ3) is 6.35. The molecule has 0 aliphatic rings. The van der Waals surface area contributed by atoms with Gasteiger partial charge in [-0.2, -0.15) is 0 Å². The minimum absolute atomic E-state index is 0.112. The van der Waals surface area contributed by atoms with Gasteiger partial charge in [-0.25, -0.2) is 0 Å². The molecule has 1 aromatic carbocycles. The van der Waals surface area contributed by atoms with Crippen LogP contribution in [0.1, 0.15) is 26.3 Å². The number of hydrogen-bond donors (Lipinski definition) is 1. The van der Waals surface area contributed by atoms with Crippen LogP contribution in [0.3, 0.4) is 0 Å². The Morgan fingerprint density at radius 1 is 1.41 bits per heavy atom. The average molecular weight is 254 g/mol. The molecule has 0 aromatic heterocycles. The lowest BCUT2D eigenvalue weighted by Gasteiger charge is -2.20. The number of hydrogen-bond acceptors (Lipinski definition) is 2. The second-order valence-electron chi connectivity index (χ2n) is 5.06. The van der Waals surface area contributed by atoms with Gasteiger partial charge >= 0.3 is 0 Å². The Kier molecular flexibility index (Phi) is 5.03. The molecule has 0 spiro atoms. The van der Waals surface area contributed by atoms with Gasteiger partial charge in [0.25, 0.3) is 0 Å². The second kappa shape index (κ2) is 6.08. The summed E-state index contributed by atoms with van der Waals surface area (Å²) in [7, 11) is 0. The zero-order valence-electron chi connectivity index (χ0n) is 10.7. The maximum absolute atomic E-state index is 5.66. The summed E-state index contributed by atoms with van der Waals surface area (Å²) in [5.74, 6) is 0.819. The molecule has 0 saturated carbocycles. The highest BCUT2D eigenvalue weighted by Gasteiger charge is 2.08. The van der Waals surface area contributed by atoms with E-state index in [1.165, 1.54) is 5.56 Å². The van der Waals surface area contributed by atoms with Gasteiger partial charge in [-0.3, -0.25) is 0 Å². The topological polar surface area (TPSA) is 21.3 Å². The molecule has 1 N–H and O–H groups in total. The summed E-state index contributed by atoms with van der Waals surface area (Å²) in [6.45, 7) is 11.2. The fourth-order valence-electron chi connectivity index (χ4n) is 1.27. The van der Waals surface area contributed by atoms with Gasteiger partial charge in [0.1, 0.15) is 12.4 Å². The Morgan fingerprint density at radius 2 is 2.12 bits per heavy atom. The zero-order valence-corrected chi connectivity index (χ0v) is 11.5. The van der Waals surface area contributed by atoms with Crippen LogP contribution in [0.25, 0.3) is 0 Å². The van der Waals surface area contributed by atoms with Crippen molar-refractivity contribution < 1.29 is 4.74 Å². The first-order valence-corrected chi connectivity index (χ1v) is 6.05. The molecule has 2 nitrogen and oxygen atoms in total. The highest BCUT2D eigenvalue weighted by Crippen LogP contribution is 2.15. The Hall–Kier alpha value is -0.990. The van der Waals surface area contributed by atoms with Crippen molar-refractivity contribution >= 4 is 11.6 Å². The van der Waals surface area contributed by atoms with E-state index >= 15 is 0 Å². The van der Waals surface area contributed by atoms with Crippen LogP contribution in [0.4, 0.5) is 0 Å². The molecular formula is C14H20ClNO. The molecule has 0 atom stereocenters. The van der Waals surface area contributed by atoms with E-state index in [0.29, 0.717) is 11.6 Å². The van der Waals surface area contributed by atoms with Gasteiger partial charge < -0.3 is 10.1 Å². The first-order chi connectivity index (χ1) is 7.87. The fourth-order valence-corrected chi connectivity index (χ4v) is 1.33. The second-order valence-corrected chi connectivity index (χ2v) is 5.59. The van der Waals surface area contributed by atoms with Gasteiger partial charge in [-0.1, -0.05) is 30.3 Å². The van der Waals surface area contributed by atoms with Crippen molar-refractivity contribution in [1.82, 2.24) is 5.32 Å². The quantitative estimate of drug-likeness (QED) is 0.864. The van der Waals surface area contributed by atoms with Crippen molar-refractivity contribution in [3.63, 3.8) is 0 Å². The third-order valence-electron chi connectivity index (χ3n) is 2.12. The molecular weight excluding hydrogens is 234 g/mol. The summed E-state index contributed by atoms with van der Waals surface area (Å²) < 4.78 is 5.48. The van der Waals surface area contributed by atoms with Crippen LogP contribution in [-0.2, 0) is 6.54 Å². The predicted molar refractivity (Wildman–Crippen MR) is 73.5 cm³/mol. The molecule has 0 saturated heterocycles. The predicted octanol–water partition coefficient (Wildman–Crippen LogP) is 3.71. The summed E-state index contributed by atoms with van der Waals surface area (Å²) in [5, 5.41) is 3.93. The van der Waals surface area contributed by atoms with Crippen LogP contribution in [0.2, 0.25) is 0 Å². The van der Waals surface area contributed by atoms with E-state index in [1.807, 2.05) is 18.2 Å². The summed E-state index contributed by atoms with van der Waals surface area (Å²) in [6.07, 6.45) is 0. The highest BCUT2D eigenvalue weighted by molar-refractivity contribution is 6.29. The molecule has 0 heterocycles. The summed E-state index contributed by atoms with van der Waals surface area (Å²) in [5.41, 5.74) is 1.30. The molecule has 0 amide bonds. The molecule has 0 radical (unpaired) electrons. The lowest BCUT2D eigenvalue weighted by molar-refractivity contribution is 0.358. The van der Waals surface area contributed by atoms with Crippen LogP contribution in [0.5, 0.6) is 5.75 Å². The van der Waals surface area contributed by atoms with Crippen molar-refractivity contribution in [3.05, 3.63) is 41.4 Å². The molecule has 17 heavy (non-hydrogen) atoms. The Bertz CT molecular complexity index is 382. The van der Waals surface area contributed by atoms with Crippen molar-refractivity contribution in [2.75, 3.05) is 6.61 Å². The average Bonchev–Trinajstić information content (AvgIpc) is 2.23. The standard InChI is InChI=1S/C14H20ClNO/c1-11(15)10-17-13-7-5-6-12(8-13)9-16-14(2,3)4/h5-8,16H,1,9-10H2,2-4H3. The van der Waals surface area contributed by atoms with Gasteiger partial charge in [-0.05, 0) is 38.5 Å². The van der Waals surface area contributed by atoms with E-state index in [2.05, 4.69) is 38.7 Å². The Morgan fingerprint density at radius 3 is 2.71 bits per heavy atom. The van der Waals surface area contributed by atoms with Crippen LogP contribution >= 0.6 is 11.6 Å². The minimum Gasteiger partial charge on any atom is -0.488 e. The Balaban J connectivity index is 2.56. The molecule has 0 fully saturated rings. The maximum Gasteiger partial charge on any atom is 0.123 e. The van der Waals surface area contributed by atoms with E-state index in [0.717, 1.165) is 12.3 Å². The molecule has 1 aromatic rings. The van der Waals surface area contributed by atoms with Gasteiger partial charge in [0.2, 0.25) is 0 Å². The monoisotopic (exact) mass is 253 g/mol. The number of nitrogens with one attached hydrogen (secondary N) is 1. The molecule has 3 heteroatoms. The molecule has 0 aliphatic carbocycles. The Labute approximate surface area is 109 Å². The first kappa shape index (κ1) is 14.1. The summed E-state index contributed by atoms with van der Waals surface area (Å²) in [4.78, 5) is 0. The lowest BCUT2D eigenvalue weighted by atomic mass is 10.1. The smallest absolute Gasteiger partial charge is 0.123 e. The number of ether oxygens (including phenoxy) is 1. The molecule has 94 valence electrons. The van der Waals surface area contributed by atoms with Gasteiger partial charge in [0, 0.05) is 17.1 Å². The zero-order chi connectivity index (χ0) is 12.9. The fraction of sp³-hybridized carbons (Fsp3) is 0.429. The summed E-state index contributed by atoms with van der Waals surface area (Å²) >= 11 is 5.66. The normalized spacial score (nSPS) is 11.3. The van der Waals surface area contributed by atoms with Crippen LogP contribution in [-0.4, -0.2) is 12.1 Å². The highest BCUT2D eigenvalue weighted by atomic mass is 35.5. The van der Waals surface area contributed by atoms with E-state index in [4.69, 9.17) is 16.3 Å². The van der Waals surface area contributed by atoms with Crippen molar-refractivity contribution in [3.8, 4) is 5.75 Å². The van der Waals surface area contributed by atoms with E-state index in [1.54, 1.807) is 0 Å². The SMILES string of the molecule is C=C(Cl)COc1cccc(CNC(C)(C)C)c1.